The molecular formula is C24H26F2N8O. The predicted octanol–water partition coefficient (Wildman–Crippen LogP) is 3.31. The van der Waals surface area contributed by atoms with E-state index in [0.29, 0.717) is 18.5 Å². The zero-order chi connectivity index (χ0) is 24.9. The van der Waals surface area contributed by atoms with Crippen molar-refractivity contribution in [2.45, 2.75) is 6.42 Å². The lowest BCUT2D eigenvalue weighted by molar-refractivity contribution is 0.289. The molecule has 182 valence electrons. The molecule has 0 aliphatic heterocycles. The molecular weight excluding hydrogens is 454 g/mol. The number of benzene rings is 2. The van der Waals surface area contributed by atoms with Crippen molar-refractivity contribution in [1.82, 2.24) is 30.5 Å². The molecule has 2 heterocycles. The first-order valence-electron chi connectivity index (χ1n) is 11.0. The molecule has 3 N–H and O–H groups in total. The van der Waals surface area contributed by atoms with Crippen LogP contribution in [-0.4, -0.2) is 59.5 Å². The van der Waals surface area contributed by atoms with Crippen LogP contribution in [0.3, 0.4) is 0 Å². The van der Waals surface area contributed by atoms with Crippen molar-refractivity contribution < 1.29 is 13.5 Å². The molecule has 0 fully saturated rings. The van der Waals surface area contributed by atoms with E-state index in [4.69, 9.17) is 10.5 Å². The van der Waals surface area contributed by atoms with Gasteiger partial charge in [0.25, 0.3) is 0 Å². The molecule has 35 heavy (non-hydrogen) atoms. The molecule has 0 aliphatic carbocycles. The number of ether oxygens (including phenoxy) is 1. The summed E-state index contributed by atoms with van der Waals surface area (Å²) >= 11 is 0. The molecule has 0 spiro atoms. The van der Waals surface area contributed by atoms with Crippen molar-refractivity contribution in [3.63, 3.8) is 0 Å². The van der Waals surface area contributed by atoms with Gasteiger partial charge in [0.1, 0.15) is 11.5 Å². The Morgan fingerprint density at radius 1 is 1.09 bits per heavy atom. The number of aromatic nitrogens is 5. The monoisotopic (exact) mass is 480 g/mol. The Hall–Kier alpha value is -4.12. The number of pyridine rings is 1. The van der Waals surface area contributed by atoms with Gasteiger partial charge in [0, 0.05) is 31.5 Å². The highest BCUT2D eigenvalue weighted by molar-refractivity contribution is 5.77. The second kappa shape index (κ2) is 10.4. The van der Waals surface area contributed by atoms with Crippen molar-refractivity contribution in [2.24, 2.45) is 0 Å². The summed E-state index contributed by atoms with van der Waals surface area (Å²) in [7, 11) is 5.70. The van der Waals surface area contributed by atoms with Gasteiger partial charge in [-0.15, -0.1) is 5.10 Å². The van der Waals surface area contributed by atoms with Crippen molar-refractivity contribution in [3.8, 4) is 34.0 Å². The molecule has 4 aromatic rings. The van der Waals surface area contributed by atoms with Gasteiger partial charge in [-0.25, -0.2) is 9.37 Å². The standard InChI is InChI=1S/C24H26F2N8O/c1-28-10-5-11-35-20-9-8-19(21(25)22(20)26)34-24(30-31-32-34)18-13-16(14-29-23(18)27)15-6-4-7-17(12-15)33(2)3/h4,6-9,12-14,28H,5,10-11H2,1-3H3,(H2,27,29). The fourth-order valence-corrected chi connectivity index (χ4v) is 3.52. The Morgan fingerprint density at radius 2 is 1.91 bits per heavy atom. The lowest BCUT2D eigenvalue weighted by Gasteiger charge is -2.14. The average Bonchev–Trinajstić information content (AvgIpc) is 3.34. The van der Waals surface area contributed by atoms with E-state index >= 15 is 4.39 Å². The number of anilines is 2. The maximum Gasteiger partial charge on any atom is 0.202 e. The molecule has 11 heteroatoms. The predicted molar refractivity (Wildman–Crippen MR) is 131 cm³/mol. The number of nitrogens with zero attached hydrogens (tertiary/aromatic N) is 6. The number of halogens is 2. The van der Waals surface area contributed by atoms with Gasteiger partial charge in [0.05, 0.1) is 12.2 Å². The SMILES string of the molecule is CNCCCOc1ccc(-n2nnnc2-c2cc(-c3cccc(N(C)C)c3)cnc2N)c(F)c1F. The number of nitrogen functional groups attached to an aromatic ring is 1. The van der Waals surface area contributed by atoms with Gasteiger partial charge >= 0.3 is 0 Å². The highest BCUT2D eigenvalue weighted by Gasteiger charge is 2.22. The molecule has 4 rings (SSSR count). The van der Waals surface area contributed by atoms with Crippen molar-refractivity contribution in [3.05, 3.63) is 60.3 Å². The molecule has 0 saturated carbocycles. The van der Waals surface area contributed by atoms with Crippen LogP contribution in [0.4, 0.5) is 20.3 Å². The fourth-order valence-electron chi connectivity index (χ4n) is 3.52. The largest absolute Gasteiger partial charge is 0.490 e. The fraction of sp³-hybridized carbons (Fsp3) is 0.250. The normalized spacial score (nSPS) is 11.0. The van der Waals surface area contributed by atoms with Gasteiger partial charge in [0.15, 0.2) is 17.4 Å². The van der Waals surface area contributed by atoms with Crippen LogP contribution in [0.1, 0.15) is 6.42 Å². The smallest absolute Gasteiger partial charge is 0.202 e. The van der Waals surface area contributed by atoms with Gasteiger partial charge in [-0.2, -0.15) is 9.07 Å². The molecule has 0 radical (unpaired) electrons. The van der Waals surface area contributed by atoms with Crippen molar-refractivity contribution >= 4 is 11.5 Å². The number of rotatable bonds is 9. The van der Waals surface area contributed by atoms with Crippen molar-refractivity contribution in [2.75, 3.05) is 44.9 Å². The quantitative estimate of drug-likeness (QED) is 0.352. The first-order chi connectivity index (χ1) is 16.9. The van der Waals surface area contributed by atoms with E-state index in [2.05, 4.69) is 25.8 Å². The van der Waals surface area contributed by atoms with E-state index < -0.39 is 11.6 Å². The summed E-state index contributed by atoms with van der Waals surface area (Å²) in [4.78, 5) is 6.27. The molecule has 0 saturated heterocycles. The minimum atomic E-state index is -1.13. The average molecular weight is 481 g/mol. The molecule has 0 aliphatic rings. The zero-order valence-corrected chi connectivity index (χ0v) is 19.7. The third-order valence-corrected chi connectivity index (χ3v) is 5.41. The van der Waals surface area contributed by atoms with E-state index in [9.17, 15) is 4.39 Å². The summed E-state index contributed by atoms with van der Waals surface area (Å²) in [5.41, 5.74) is 9.02. The topological polar surface area (TPSA) is 107 Å². The maximum atomic E-state index is 15.0. The number of nitrogens with one attached hydrogen (secondary N) is 1. The molecule has 2 aromatic carbocycles. The Morgan fingerprint density at radius 3 is 2.69 bits per heavy atom. The van der Waals surface area contributed by atoms with Gasteiger partial charge in [-0.1, -0.05) is 12.1 Å². The summed E-state index contributed by atoms with van der Waals surface area (Å²) in [5.74, 6) is -2.15. The van der Waals surface area contributed by atoms with E-state index in [1.807, 2.05) is 43.3 Å². The zero-order valence-electron chi connectivity index (χ0n) is 19.7. The lowest BCUT2D eigenvalue weighted by atomic mass is 10.0. The van der Waals surface area contributed by atoms with Crippen LogP contribution in [0, 0.1) is 11.6 Å². The summed E-state index contributed by atoms with van der Waals surface area (Å²) in [5, 5.41) is 14.5. The Labute approximate surface area is 201 Å². The minimum Gasteiger partial charge on any atom is -0.490 e. The molecule has 0 bridgehead atoms. The van der Waals surface area contributed by atoms with Crippen molar-refractivity contribution in [1.29, 1.82) is 0 Å². The Balaban J connectivity index is 1.70. The first kappa shape index (κ1) is 24.0. The second-order valence-electron chi connectivity index (χ2n) is 8.03. The highest BCUT2D eigenvalue weighted by Crippen LogP contribution is 2.32. The van der Waals surface area contributed by atoms with Crippen LogP contribution in [0.2, 0.25) is 0 Å². The van der Waals surface area contributed by atoms with E-state index in [-0.39, 0.29) is 29.7 Å². The van der Waals surface area contributed by atoms with Gasteiger partial charge < -0.3 is 20.7 Å². The Bertz CT molecular complexity index is 1320. The molecule has 0 atom stereocenters. The molecule has 2 aromatic heterocycles. The van der Waals surface area contributed by atoms with Crippen LogP contribution in [0.15, 0.2) is 48.7 Å². The summed E-state index contributed by atoms with van der Waals surface area (Å²) in [6.45, 7) is 0.945. The molecule has 0 unspecified atom stereocenters. The van der Waals surface area contributed by atoms with Crippen LogP contribution in [-0.2, 0) is 0 Å². The molecule has 9 nitrogen and oxygen atoms in total. The summed E-state index contributed by atoms with van der Waals surface area (Å²) in [6.07, 6.45) is 2.29. The van der Waals surface area contributed by atoms with Crippen LogP contribution in [0.25, 0.3) is 28.2 Å². The van der Waals surface area contributed by atoms with E-state index in [1.54, 1.807) is 19.3 Å². The summed E-state index contributed by atoms with van der Waals surface area (Å²) in [6, 6.07) is 12.4. The van der Waals surface area contributed by atoms with Gasteiger partial charge in [-0.3, -0.25) is 0 Å². The molecule has 0 amide bonds. The third kappa shape index (κ3) is 5.04. The maximum absolute atomic E-state index is 15.0. The van der Waals surface area contributed by atoms with Crippen LogP contribution in [0.5, 0.6) is 5.75 Å². The number of tetrazole rings is 1. The van der Waals surface area contributed by atoms with Gasteiger partial charge in [0.2, 0.25) is 5.82 Å². The summed E-state index contributed by atoms with van der Waals surface area (Å²) < 4.78 is 36.2. The van der Waals surface area contributed by atoms with E-state index in [1.165, 1.54) is 12.1 Å². The van der Waals surface area contributed by atoms with E-state index in [0.717, 1.165) is 21.5 Å². The minimum absolute atomic E-state index is 0.126. The third-order valence-electron chi connectivity index (χ3n) is 5.41. The number of hydrogen-bond donors (Lipinski definition) is 2. The highest BCUT2D eigenvalue weighted by atomic mass is 19.2. The number of nitrogens with two attached hydrogens (primary N) is 1. The van der Waals surface area contributed by atoms with Crippen LogP contribution < -0.4 is 20.7 Å². The first-order valence-corrected chi connectivity index (χ1v) is 11.0. The number of hydrogen-bond acceptors (Lipinski definition) is 8. The lowest BCUT2D eigenvalue weighted by Crippen LogP contribution is -2.12. The van der Waals surface area contributed by atoms with Gasteiger partial charge in [-0.05, 0) is 66.3 Å². The van der Waals surface area contributed by atoms with Crippen LogP contribution >= 0.6 is 0 Å². The Kier molecular flexibility index (Phi) is 7.16. The second-order valence-corrected chi connectivity index (χ2v) is 8.03.